The normalized spacial score (nSPS) is 12.8. The lowest BCUT2D eigenvalue weighted by Crippen LogP contribution is -2.28. The van der Waals surface area contributed by atoms with Gasteiger partial charge in [0.15, 0.2) is 11.5 Å². The Morgan fingerprint density at radius 3 is 2.38 bits per heavy atom. The number of hydrogen-bond donors (Lipinski definition) is 2. The molecule has 0 radical (unpaired) electrons. The van der Waals surface area contributed by atoms with Crippen molar-refractivity contribution in [3.8, 4) is 11.5 Å². The lowest BCUT2D eigenvalue weighted by atomic mass is 10.1. The summed E-state index contributed by atoms with van der Waals surface area (Å²) in [6.45, 7) is 3.83. The van der Waals surface area contributed by atoms with Crippen molar-refractivity contribution in [2.24, 2.45) is 5.73 Å². The summed E-state index contributed by atoms with van der Waals surface area (Å²) in [5.41, 5.74) is 6.61. The van der Waals surface area contributed by atoms with Gasteiger partial charge in [0, 0.05) is 12.5 Å². The number of nitrogens with two attached hydrogens (primary N) is 1. The molecule has 0 bridgehead atoms. The van der Waals surface area contributed by atoms with Gasteiger partial charge in [-0.15, -0.1) is 12.4 Å². The number of carbonyl (C=O) groups is 1. The van der Waals surface area contributed by atoms with Gasteiger partial charge >= 0.3 is 0 Å². The Balaban J connectivity index is 0.00000400. The highest BCUT2D eigenvalue weighted by atomic mass is 35.5. The molecule has 0 saturated heterocycles. The summed E-state index contributed by atoms with van der Waals surface area (Å²) in [7, 11) is 3.18. The highest BCUT2D eigenvalue weighted by Gasteiger charge is 2.12. The third-order valence-corrected chi connectivity index (χ3v) is 3.11. The van der Waals surface area contributed by atoms with Crippen molar-refractivity contribution in [3.05, 3.63) is 23.8 Å². The van der Waals surface area contributed by atoms with E-state index >= 15 is 0 Å². The molecule has 1 aromatic rings. The van der Waals surface area contributed by atoms with Crippen LogP contribution in [0.25, 0.3) is 0 Å². The van der Waals surface area contributed by atoms with Crippen molar-refractivity contribution < 1.29 is 14.3 Å². The maximum absolute atomic E-state index is 11.8. The number of hydrogen-bond acceptors (Lipinski definition) is 4. The molecule has 1 amide bonds. The molecule has 2 unspecified atom stereocenters. The third-order valence-electron chi connectivity index (χ3n) is 3.11. The molecule has 120 valence electrons. The van der Waals surface area contributed by atoms with Crippen LogP contribution >= 0.6 is 12.4 Å². The van der Waals surface area contributed by atoms with E-state index in [9.17, 15) is 4.79 Å². The summed E-state index contributed by atoms with van der Waals surface area (Å²) in [6.07, 6.45) is 1.12. The van der Waals surface area contributed by atoms with Crippen LogP contribution in [-0.2, 0) is 4.79 Å². The predicted molar refractivity (Wildman–Crippen MR) is 86.2 cm³/mol. The molecule has 0 aliphatic heterocycles. The molecule has 3 N–H and O–H groups in total. The van der Waals surface area contributed by atoms with Gasteiger partial charge in [0.25, 0.3) is 0 Å². The largest absolute Gasteiger partial charge is 0.493 e. The molecule has 0 aromatic heterocycles. The minimum Gasteiger partial charge on any atom is -0.493 e. The highest BCUT2D eigenvalue weighted by Crippen LogP contribution is 2.29. The minimum absolute atomic E-state index is 0. The van der Waals surface area contributed by atoms with Crippen LogP contribution in [0.1, 0.15) is 38.3 Å². The molecule has 0 heterocycles. The van der Waals surface area contributed by atoms with Crippen molar-refractivity contribution in [2.45, 2.75) is 38.8 Å². The zero-order valence-electron chi connectivity index (χ0n) is 13.0. The van der Waals surface area contributed by atoms with Crippen molar-refractivity contribution >= 4 is 18.3 Å². The first-order valence-corrected chi connectivity index (χ1v) is 6.74. The van der Waals surface area contributed by atoms with Crippen LogP contribution in [0.4, 0.5) is 0 Å². The summed E-state index contributed by atoms with van der Waals surface area (Å²) in [5, 5.41) is 2.95. The van der Waals surface area contributed by atoms with Gasteiger partial charge < -0.3 is 20.5 Å². The van der Waals surface area contributed by atoms with Gasteiger partial charge in [-0.1, -0.05) is 6.07 Å². The maximum atomic E-state index is 11.8. The van der Waals surface area contributed by atoms with E-state index in [1.54, 1.807) is 14.2 Å². The van der Waals surface area contributed by atoms with Crippen LogP contribution in [0, 0.1) is 0 Å². The van der Waals surface area contributed by atoms with E-state index in [0.717, 1.165) is 5.56 Å². The van der Waals surface area contributed by atoms with Crippen molar-refractivity contribution in [3.63, 3.8) is 0 Å². The molecule has 0 fully saturated rings. The highest BCUT2D eigenvalue weighted by molar-refractivity contribution is 5.85. The Morgan fingerprint density at radius 1 is 1.24 bits per heavy atom. The number of carbonyl (C=O) groups excluding carboxylic acids is 1. The molecule has 21 heavy (non-hydrogen) atoms. The predicted octanol–water partition coefficient (Wildman–Crippen LogP) is 2.43. The van der Waals surface area contributed by atoms with Gasteiger partial charge in [-0.05, 0) is 38.0 Å². The zero-order valence-corrected chi connectivity index (χ0v) is 13.8. The van der Waals surface area contributed by atoms with E-state index in [0.29, 0.717) is 24.3 Å². The molecule has 0 aliphatic rings. The zero-order chi connectivity index (χ0) is 15.1. The fourth-order valence-electron chi connectivity index (χ4n) is 1.88. The maximum Gasteiger partial charge on any atom is 0.220 e. The van der Waals surface area contributed by atoms with Gasteiger partial charge in [-0.3, -0.25) is 4.79 Å². The number of halogens is 1. The standard InChI is InChI=1S/C15H24N2O3.ClH/c1-10(16)5-8-15(18)17-11(2)12-6-7-13(19-3)14(9-12)20-4;/h6-7,9-11H,5,8,16H2,1-4H3,(H,17,18);1H. The van der Waals surface area contributed by atoms with Crippen LogP contribution in [-0.4, -0.2) is 26.2 Å². The molecule has 0 spiro atoms. The average molecular weight is 317 g/mol. The number of amides is 1. The third kappa shape index (κ3) is 6.23. The second kappa shape index (κ2) is 9.47. The summed E-state index contributed by atoms with van der Waals surface area (Å²) in [4.78, 5) is 11.8. The van der Waals surface area contributed by atoms with E-state index < -0.39 is 0 Å². The van der Waals surface area contributed by atoms with Gasteiger partial charge in [-0.2, -0.15) is 0 Å². The Morgan fingerprint density at radius 2 is 1.86 bits per heavy atom. The van der Waals surface area contributed by atoms with Gasteiger partial charge in [0.1, 0.15) is 0 Å². The topological polar surface area (TPSA) is 73.6 Å². The molecule has 5 nitrogen and oxygen atoms in total. The Hall–Kier alpha value is -1.46. The van der Waals surface area contributed by atoms with Crippen LogP contribution in [0.5, 0.6) is 11.5 Å². The first kappa shape index (κ1) is 19.5. The van der Waals surface area contributed by atoms with Crippen molar-refractivity contribution in [2.75, 3.05) is 14.2 Å². The van der Waals surface area contributed by atoms with E-state index in [1.165, 1.54) is 0 Å². The molecular weight excluding hydrogens is 292 g/mol. The minimum atomic E-state index is -0.0876. The quantitative estimate of drug-likeness (QED) is 0.810. The molecule has 0 saturated carbocycles. The fraction of sp³-hybridized carbons (Fsp3) is 0.533. The lowest BCUT2D eigenvalue weighted by molar-refractivity contribution is -0.121. The fourth-order valence-corrected chi connectivity index (χ4v) is 1.88. The number of nitrogens with one attached hydrogen (secondary N) is 1. The molecule has 2 atom stereocenters. The number of methoxy groups -OCH3 is 2. The monoisotopic (exact) mass is 316 g/mol. The first-order chi connectivity index (χ1) is 9.47. The number of rotatable bonds is 7. The summed E-state index contributed by atoms with van der Waals surface area (Å²) in [5.74, 6) is 1.33. The molecule has 0 aliphatic carbocycles. The molecular formula is C15H25ClN2O3. The summed E-state index contributed by atoms with van der Waals surface area (Å²) >= 11 is 0. The smallest absolute Gasteiger partial charge is 0.220 e. The van der Waals surface area contributed by atoms with E-state index in [4.69, 9.17) is 15.2 Å². The Labute approximate surface area is 132 Å². The van der Waals surface area contributed by atoms with Crippen LogP contribution < -0.4 is 20.5 Å². The summed E-state index contributed by atoms with van der Waals surface area (Å²) in [6, 6.07) is 5.57. The first-order valence-electron chi connectivity index (χ1n) is 6.74. The SMILES string of the molecule is COc1ccc(C(C)NC(=O)CCC(C)N)cc1OC.Cl. The van der Waals surface area contributed by atoms with E-state index in [1.807, 2.05) is 32.0 Å². The van der Waals surface area contributed by atoms with E-state index in [-0.39, 0.29) is 30.4 Å². The number of ether oxygens (including phenoxy) is 2. The van der Waals surface area contributed by atoms with Gasteiger partial charge in [0.2, 0.25) is 5.91 Å². The lowest BCUT2D eigenvalue weighted by Gasteiger charge is -2.17. The molecule has 1 aromatic carbocycles. The molecule has 6 heteroatoms. The van der Waals surface area contributed by atoms with Crippen LogP contribution in [0.3, 0.4) is 0 Å². The second-order valence-electron chi connectivity index (χ2n) is 4.92. The summed E-state index contributed by atoms with van der Waals surface area (Å²) < 4.78 is 10.4. The van der Waals surface area contributed by atoms with Crippen LogP contribution in [0.15, 0.2) is 18.2 Å². The van der Waals surface area contributed by atoms with Crippen LogP contribution in [0.2, 0.25) is 0 Å². The second-order valence-corrected chi connectivity index (χ2v) is 4.92. The Kier molecular flexibility index (Phi) is 8.81. The van der Waals surface area contributed by atoms with Crippen molar-refractivity contribution in [1.82, 2.24) is 5.32 Å². The van der Waals surface area contributed by atoms with Crippen molar-refractivity contribution in [1.29, 1.82) is 0 Å². The van der Waals surface area contributed by atoms with Gasteiger partial charge in [0.05, 0.1) is 20.3 Å². The van der Waals surface area contributed by atoms with Gasteiger partial charge in [-0.25, -0.2) is 0 Å². The van der Waals surface area contributed by atoms with E-state index in [2.05, 4.69) is 5.32 Å². The molecule has 1 rings (SSSR count). The Bertz CT molecular complexity index is 453. The average Bonchev–Trinajstić information content (AvgIpc) is 2.44. The number of benzene rings is 1.